The van der Waals surface area contributed by atoms with E-state index in [9.17, 15) is 28.8 Å². The van der Waals surface area contributed by atoms with Gasteiger partial charge in [0.1, 0.15) is 11.7 Å². The normalized spacial score (nSPS) is 17.3. The number of nitro groups is 1. The number of para-hydroxylation sites is 1. The van der Waals surface area contributed by atoms with Crippen LogP contribution in [0.15, 0.2) is 47.9 Å². The van der Waals surface area contributed by atoms with Crippen molar-refractivity contribution in [2.45, 2.75) is 12.5 Å². The van der Waals surface area contributed by atoms with E-state index in [4.69, 9.17) is 0 Å². The molecule has 116 valence electrons. The maximum Gasteiger partial charge on any atom is 0.387 e. The predicted octanol–water partition coefficient (Wildman–Crippen LogP) is 2.06. The lowest BCUT2D eigenvalue weighted by molar-refractivity contribution is -0.429. The first kappa shape index (κ1) is 15.4. The van der Waals surface area contributed by atoms with E-state index in [2.05, 4.69) is 10.1 Å². The van der Waals surface area contributed by atoms with Crippen LogP contribution < -0.4 is 10.1 Å². The summed E-state index contributed by atoms with van der Waals surface area (Å²) in [5, 5.41) is 22.7. The van der Waals surface area contributed by atoms with Gasteiger partial charge in [0, 0.05) is 11.8 Å². The lowest BCUT2D eigenvalue weighted by atomic mass is 9.87. The van der Waals surface area contributed by atoms with Crippen LogP contribution in [-0.4, -0.2) is 22.6 Å². The van der Waals surface area contributed by atoms with E-state index in [1.165, 1.54) is 24.3 Å². The van der Waals surface area contributed by atoms with E-state index in [1.807, 2.05) is 0 Å². The topological polar surface area (TPSA) is 102 Å². The number of rotatable bonds is 5. The number of carboxylic acids is 1. The fourth-order valence-corrected chi connectivity index (χ4v) is 2.14. The fraction of sp³-hybridized carbons (Fsp3) is 0.154. The molecule has 1 unspecified atom stereocenters. The van der Waals surface area contributed by atoms with E-state index in [0.717, 1.165) is 12.4 Å². The summed E-state index contributed by atoms with van der Waals surface area (Å²) in [6, 6.07) is 5.36. The lowest BCUT2D eigenvalue weighted by Gasteiger charge is -2.21. The number of dihydropyridines is 1. The van der Waals surface area contributed by atoms with Crippen molar-refractivity contribution >= 4 is 5.97 Å². The van der Waals surface area contributed by atoms with Gasteiger partial charge >= 0.3 is 12.6 Å². The summed E-state index contributed by atoms with van der Waals surface area (Å²) in [5.41, 5.74) is -0.856. The van der Waals surface area contributed by atoms with Crippen molar-refractivity contribution in [2.75, 3.05) is 0 Å². The number of carboxylic acid groups (broad SMARTS) is 1. The minimum Gasteiger partial charge on any atom is -0.478 e. The van der Waals surface area contributed by atoms with Crippen LogP contribution >= 0.6 is 0 Å². The highest BCUT2D eigenvalue weighted by molar-refractivity contribution is 5.89. The molecule has 0 aliphatic carbocycles. The summed E-state index contributed by atoms with van der Waals surface area (Å²) < 4.78 is 29.3. The molecule has 0 spiro atoms. The van der Waals surface area contributed by atoms with Crippen LogP contribution in [0.25, 0.3) is 0 Å². The van der Waals surface area contributed by atoms with Gasteiger partial charge in [-0.15, -0.1) is 0 Å². The van der Waals surface area contributed by atoms with Gasteiger partial charge in [0.25, 0.3) is 5.70 Å². The standard InChI is InChI=1S/C13H10F2N2O5/c14-13(15)22-10-4-2-1-3-7(10)11-8(12(18)19)5-16-6-9(11)17(20)21/h1-6,11,13,16H,(H,18,19). The van der Waals surface area contributed by atoms with Crippen molar-refractivity contribution in [3.63, 3.8) is 0 Å². The van der Waals surface area contributed by atoms with E-state index >= 15 is 0 Å². The maximum absolute atomic E-state index is 12.5. The molecule has 0 amide bonds. The Labute approximate surface area is 122 Å². The van der Waals surface area contributed by atoms with Gasteiger partial charge in [0.15, 0.2) is 0 Å². The molecule has 2 N–H and O–H groups in total. The number of carbonyl (C=O) groups is 1. The van der Waals surface area contributed by atoms with Crippen molar-refractivity contribution in [1.29, 1.82) is 0 Å². The molecule has 1 aromatic rings. The number of hydrogen-bond acceptors (Lipinski definition) is 5. The average molecular weight is 312 g/mol. The van der Waals surface area contributed by atoms with Crippen LogP contribution in [0.1, 0.15) is 11.5 Å². The third-order valence-electron chi connectivity index (χ3n) is 2.98. The van der Waals surface area contributed by atoms with Crippen LogP contribution in [0.2, 0.25) is 0 Å². The smallest absolute Gasteiger partial charge is 0.387 e. The molecule has 0 saturated carbocycles. The number of halogens is 2. The van der Waals surface area contributed by atoms with Crippen LogP contribution in [0.4, 0.5) is 8.78 Å². The first-order valence-corrected chi connectivity index (χ1v) is 5.99. The van der Waals surface area contributed by atoms with Gasteiger partial charge in [0.05, 0.1) is 16.7 Å². The van der Waals surface area contributed by atoms with E-state index in [0.29, 0.717) is 0 Å². The monoisotopic (exact) mass is 312 g/mol. The number of nitrogens with zero attached hydrogens (tertiary/aromatic N) is 1. The average Bonchev–Trinajstić information content (AvgIpc) is 2.46. The molecular weight excluding hydrogens is 302 g/mol. The molecular formula is C13H10F2N2O5. The van der Waals surface area contributed by atoms with Crippen LogP contribution in [0.3, 0.4) is 0 Å². The number of hydrogen-bond donors (Lipinski definition) is 2. The highest BCUT2D eigenvalue weighted by Gasteiger charge is 2.37. The largest absolute Gasteiger partial charge is 0.478 e. The molecule has 1 aliphatic heterocycles. The first-order valence-electron chi connectivity index (χ1n) is 5.99. The molecule has 2 rings (SSSR count). The number of nitrogens with one attached hydrogen (secondary N) is 1. The predicted molar refractivity (Wildman–Crippen MR) is 69.7 cm³/mol. The Bertz CT molecular complexity index is 642. The molecule has 1 heterocycles. The zero-order valence-electron chi connectivity index (χ0n) is 10.9. The second-order valence-electron chi connectivity index (χ2n) is 4.25. The zero-order chi connectivity index (χ0) is 16.3. The van der Waals surface area contributed by atoms with Gasteiger partial charge in [-0.25, -0.2) is 4.79 Å². The van der Waals surface area contributed by atoms with Gasteiger partial charge in [-0.1, -0.05) is 18.2 Å². The van der Waals surface area contributed by atoms with Crippen LogP contribution in [-0.2, 0) is 4.79 Å². The highest BCUT2D eigenvalue weighted by atomic mass is 19.3. The first-order chi connectivity index (χ1) is 10.4. The number of ether oxygens (including phenoxy) is 1. The molecule has 22 heavy (non-hydrogen) atoms. The van der Waals surface area contributed by atoms with E-state index in [-0.39, 0.29) is 16.9 Å². The number of alkyl halides is 2. The van der Waals surface area contributed by atoms with Gasteiger partial charge in [-0.2, -0.15) is 8.78 Å². The highest BCUT2D eigenvalue weighted by Crippen LogP contribution is 2.39. The Morgan fingerprint density at radius 3 is 2.64 bits per heavy atom. The molecule has 9 heteroatoms. The number of benzene rings is 1. The van der Waals surface area contributed by atoms with Crippen molar-refractivity contribution < 1.29 is 28.3 Å². The van der Waals surface area contributed by atoms with Gasteiger partial charge < -0.3 is 15.2 Å². The second kappa shape index (κ2) is 6.20. The van der Waals surface area contributed by atoms with E-state index in [1.54, 1.807) is 0 Å². The fourth-order valence-electron chi connectivity index (χ4n) is 2.14. The summed E-state index contributed by atoms with van der Waals surface area (Å²) in [5.74, 6) is -3.05. The summed E-state index contributed by atoms with van der Waals surface area (Å²) in [6.45, 7) is -3.14. The molecule has 1 atom stereocenters. The van der Waals surface area contributed by atoms with Gasteiger partial charge in [0.2, 0.25) is 0 Å². The lowest BCUT2D eigenvalue weighted by Crippen LogP contribution is -2.25. The Kier molecular flexibility index (Phi) is 4.35. The summed E-state index contributed by atoms with van der Waals surface area (Å²) >= 11 is 0. The molecule has 0 saturated heterocycles. The Balaban J connectivity index is 2.56. The van der Waals surface area contributed by atoms with Crippen molar-refractivity contribution in [2.24, 2.45) is 0 Å². The van der Waals surface area contributed by atoms with Crippen LogP contribution in [0.5, 0.6) is 5.75 Å². The van der Waals surface area contributed by atoms with Gasteiger partial charge in [-0.3, -0.25) is 10.1 Å². The van der Waals surface area contributed by atoms with Crippen molar-refractivity contribution in [3.8, 4) is 5.75 Å². The van der Waals surface area contributed by atoms with Crippen molar-refractivity contribution in [3.05, 3.63) is 63.6 Å². The quantitative estimate of drug-likeness (QED) is 0.637. The number of allylic oxidation sites excluding steroid dienone is 1. The second-order valence-corrected chi connectivity index (χ2v) is 4.25. The maximum atomic E-state index is 12.5. The molecule has 1 aliphatic rings. The Hall–Kier alpha value is -2.97. The van der Waals surface area contributed by atoms with Gasteiger partial charge in [-0.05, 0) is 6.07 Å². The van der Waals surface area contributed by atoms with Crippen LogP contribution in [0, 0.1) is 10.1 Å². The zero-order valence-corrected chi connectivity index (χ0v) is 10.9. The molecule has 0 aromatic heterocycles. The minimum atomic E-state index is -3.14. The third kappa shape index (κ3) is 3.03. The molecule has 0 fully saturated rings. The molecule has 0 radical (unpaired) electrons. The van der Waals surface area contributed by atoms with E-state index < -0.39 is 29.1 Å². The minimum absolute atomic E-state index is 0.0269. The summed E-state index contributed by atoms with van der Waals surface area (Å²) in [7, 11) is 0. The Morgan fingerprint density at radius 2 is 2.05 bits per heavy atom. The summed E-state index contributed by atoms with van der Waals surface area (Å²) in [6.07, 6.45) is 2.08. The Morgan fingerprint density at radius 1 is 1.36 bits per heavy atom. The number of aliphatic carboxylic acids is 1. The molecule has 0 bridgehead atoms. The third-order valence-corrected chi connectivity index (χ3v) is 2.98. The van der Waals surface area contributed by atoms with Crippen molar-refractivity contribution in [1.82, 2.24) is 5.32 Å². The summed E-state index contributed by atoms with van der Waals surface area (Å²) in [4.78, 5) is 21.6. The molecule has 1 aromatic carbocycles. The SMILES string of the molecule is O=C(O)C1=CNC=C([N+](=O)[O-])C1c1ccccc1OC(F)F. The molecule has 7 nitrogen and oxygen atoms in total.